The predicted octanol–water partition coefficient (Wildman–Crippen LogP) is 2.58. The van der Waals surface area contributed by atoms with Crippen molar-refractivity contribution in [3.05, 3.63) is 65.0 Å². The van der Waals surface area contributed by atoms with Gasteiger partial charge in [-0.15, -0.1) is 0 Å². The van der Waals surface area contributed by atoms with Crippen LogP contribution in [0.1, 0.15) is 15.9 Å². The molecule has 21 heavy (non-hydrogen) atoms. The first kappa shape index (κ1) is 15.2. The standard InChI is InChI=1S/C13H7F3O4S/c14-8-5-10(15)12(11(16)6-8)13(17)7-1-3-9(4-2-7)21(18,19)20/h1-6H,(H,18,19,20). The van der Waals surface area contributed by atoms with Crippen LogP contribution in [-0.2, 0) is 10.1 Å². The third-order valence-corrected chi connectivity index (χ3v) is 3.52. The highest BCUT2D eigenvalue weighted by Crippen LogP contribution is 2.20. The Morgan fingerprint density at radius 3 is 1.86 bits per heavy atom. The highest BCUT2D eigenvalue weighted by molar-refractivity contribution is 7.85. The zero-order valence-corrected chi connectivity index (χ0v) is 11.0. The second-order valence-corrected chi connectivity index (χ2v) is 5.49. The molecule has 0 bridgehead atoms. The molecule has 0 aromatic heterocycles. The molecule has 2 aromatic rings. The van der Waals surface area contributed by atoms with Crippen LogP contribution in [0.2, 0.25) is 0 Å². The Labute approximate surface area is 117 Å². The van der Waals surface area contributed by atoms with Crippen LogP contribution in [0, 0.1) is 17.5 Å². The van der Waals surface area contributed by atoms with Crippen molar-refractivity contribution in [2.75, 3.05) is 0 Å². The maximum absolute atomic E-state index is 13.5. The van der Waals surface area contributed by atoms with E-state index in [1.54, 1.807) is 0 Å². The van der Waals surface area contributed by atoms with Gasteiger partial charge in [-0.05, 0) is 24.3 Å². The van der Waals surface area contributed by atoms with E-state index in [4.69, 9.17) is 4.55 Å². The second-order valence-electron chi connectivity index (χ2n) is 4.07. The van der Waals surface area contributed by atoms with Crippen LogP contribution in [0.25, 0.3) is 0 Å². The fraction of sp³-hybridized carbons (Fsp3) is 0. The number of ketones is 1. The first-order chi connectivity index (χ1) is 9.70. The molecule has 0 radical (unpaired) electrons. The molecular weight excluding hydrogens is 309 g/mol. The summed E-state index contributed by atoms with van der Waals surface area (Å²) in [4.78, 5) is 11.5. The minimum atomic E-state index is -4.44. The summed E-state index contributed by atoms with van der Waals surface area (Å²) in [5.74, 6) is -4.97. The van der Waals surface area contributed by atoms with Crippen molar-refractivity contribution in [1.29, 1.82) is 0 Å². The average molecular weight is 316 g/mol. The minimum Gasteiger partial charge on any atom is -0.288 e. The number of benzene rings is 2. The summed E-state index contributed by atoms with van der Waals surface area (Å²) in [5.41, 5.74) is -1.16. The lowest BCUT2D eigenvalue weighted by Gasteiger charge is -2.05. The summed E-state index contributed by atoms with van der Waals surface area (Å²) in [6.07, 6.45) is 0. The van der Waals surface area contributed by atoms with Gasteiger partial charge in [0.15, 0.2) is 5.78 Å². The first-order valence-electron chi connectivity index (χ1n) is 5.47. The highest BCUT2D eigenvalue weighted by atomic mass is 32.2. The van der Waals surface area contributed by atoms with Gasteiger partial charge in [-0.1, -0.05) is 0 Å². The van der Waals surface area contributed by atoms with Crippen LogP contribution in [0.5, 0.6) is 0 Å². The normalized spacial score (nSPS) is 11.4. The predicted molar refractivity (Wildman–Crippen MR) is 66.0 cm³/mol. The van der Waals surface area contributed by atoms with Crippen molar-refractivity contribution in [1.82, 2.24) is 0 Å². The summed E-state index contributed by atoms with van der Waals surface area (Å²) in [6, 6.07) is 4.50. The molecule has 0 aliphatic heterocycles. The van der Waals surface area contributed by atoms with Crippen LogP contribution >= 0.6 is 0 Å². The number of rotatable bonds is 3. The Kier molecular flexibility index (Phi) is 3.84. The highest BCUT2D eigenvalue weighted by Gasteiger charge is 2.21. The fourth-order valence-corrected chi connectivity index (χ4v) is 2.16. The number of carbonyl (C=O) groups is 1. The molecule has 110 valence electrons. The molecule has 4 nitrogen and oxygen atoms in total. The maximum Gasteiger partial charge on any atom is 0.294 e. The summed E-state index contributed by atoms with van der Waals surface area (Å²) in [5, 5.41) is 0. The van der Waals surface area contributed by atoms with E-state index in [0.29, 0.717) is 12.1 Å². The summed E-state index contributed by atoms with van der Waals surface area (Å²) < 4.78 is 70.2. The van der Waals surface area contributed by atoms with E-state index in [1.807, 2.05) is 0 Å². The van der Waals surface area contributed by atoms with Crippen molar-refractivity contribution < 1.29 is 30.9 Å². The van der Waals surface area contributed by atoms with E-state index in [1.165, 1.54) is 0 Å². The van der Waals surface area contributed by atoms with Gasteiger partial charge in [0.05, 0.1) is 10.5 Å². The largest absolute Gasteiger partial charge is 0.294 e. The van der Waals surface area contributed by atoms with Gasteiger partial charge in [0.2, 0.25) is 0 Å². The third-order valence-electron chi connectivity index (χ3n) is 2.65. The lowest BCUT2D eigenvalue weighted by Crippen LogP contribution is -2.09. The zero-order chi connectivity index (χ0) is 15.8. The molecule has 0 saturated heterocycles. The Hall–Kier alpha value is -2.19. The van der Waals surface area contributed by atoms with Gasteiger partial charge in [0.1, 0.15) is 17.5 Å². The summed E-state index contributed by atoms with van der Waals surface area (Å²) in [6.45, 7) is 0. The molecule has 0 atom stereocenters. The number of hydrogen-bond donors (Lipinski definition) is 1. The van der Waals surface area contributed by atoms with Gasteiger partial charge in [-0.2, -0.15) is 8.42 Å². The fourth-order valence-electron chi connectivity index (χ4n) is 1.68. The number of halogens is 3. The molecule has 2 rings (SSSR count). The lowest BCUT2D eigenvalue weighted by atomic mass is 10.0. The quantitative estimate of drug-likeness (QED) is 0.698. The number of hydrogen-bond acceptors (Lipinski definition) is 3. The molecule has 0 fully saturated rings. The molecule has 0 saturated carbocycles. The summed E-state index contributed by atoms with van der Waals surface area (Å²) in [7, 11) is -4.44. The number of carbonyl (C=O) groups excluding carboxylic acids is 1. The van der Waals surface area contributed by atoms with Crippen molar-refractivity contribution in [3.8, 4) is 0 Å². The van der Waals surface area contributed by atoms with Crippen LogP contribution in [-0.4, -0.2) is 18.8 Å². The molecule has 2 aromatic carbocycles. The topological polar surface area (TPSA) is 71.4 Å². The van der Waals surface area contributed by atoms with Gasteiger partial charge in [-0.25, -0.2) is 13.2 Å². The molecule has 0 spiro atoms. The van der Waals surface area contributed by atoms with Crippen molar-refractivity contribution in [2.24, 2.45) is 0 Å². The molecule has 0 aliphatic rings. The molecule has 0 heterocycles. The Bertz CT molecular complexity index is 791. The first-order valence-corrected chi connectivity index (χ1v) is 6.91. The SMILES string of the molecule is O=C(c1ccc(S(=O)(=O)O)cc1)c1c(F)cc(F)cc1F. The minimum absolute atomic E-state index is 0.216. The van der Waals surface area contributed by atoms with E-state index in [0.717, 1.165) is 24.3 Å². The van der Waals surface area contributed by atoms with Crippen molar-refractivity contribution in [2.45, 2.75) is 4.90 Å². The molecular formula is C13H7F3O4S. The van der Waals surface area contributed by atoms with Gasteiger partial charge >= 0.3 is 0 Å². The molecule has 8 heteroatoms. The molecule has 0 aliphatic carbocycles. The van der Waals surface area contributed by atoms with Crippen LogP contribution in [0.3, 0.4) is 0 Å². The average Bonchev–Trinajstić information content (AvgIpc) is 2.36. The van der Waals surface area contributed by atoms with Gasteiger partial charge < -0.3 is 0 Å². The third kappa shape index (κ3) is 3.11. The van der Waals surface area contributed by atoms with E-state index < -0.39 is 43.8 Å². The second kappa shape index (κ2) is 5.30. The lowest BCUT2D eigenvalue weighted by molar-refractivity contribution is 0.103. The van der Waals surface area contributed by atoms with E-state index in [9.17, 15) is 26.4 Å². The maximum atomic E-state index is 13.5. The molecule has 0 amide bonds. The summed E-state index contributed by atoms with van der Waals surface area (Å²) >= 11 is 0. The van der Waals surface area contributed by atoms with Gasteiger partial charge in [0, 0.05) is 17.7 Å². The molecule has 0 unspecified atom stereocenters. The Morgan fingerprint density at radius 1 is 0.952 bits per heavy atom. The van der Waals surface area contributed by atoms with Crippen LogP contribution < -0.4 is 0 Å². The van der Waals surface area contributed by atoms with Crippen molar-refractivity contribution >= 4 is 15.9 Å². The smallest absolute Gasteiger partial charge is 0.288 e. The van der Waals surface area contributed by atoms with E-state index >= 15 is 0 Å². The van der Waals surface area contributed by atoms with Gasteiger partial charge in [-0.3, -0.25) is 9.35 Å². The Balaban J connectivity index is 2.46. The Morgan fingerprint density at radius 2 is 1.43 bits per heavy atom. The van der Waals surface area contributed by atoms with E-state index in [-0.39, 0.29) is 5.56 Å². The van der Waals surface area contributed by atoms with Crippen LogP contribution in [0.4, 0.5) is 13.2 Å². The van der Waals surface area contributed by atoms with Gasteiger partial charge in [0.25, 0.3) is 10.1 Å². The monoisotopic (exact) mass is 316 g/mol. The van der Waals surface area contributed by atoms with Crippen molar-refractivity contribution in [3.63, 3.8) is 0 Å². The molecule has 1 N–H and O–H groups in total. The van der Waals surface area contributed by atoms with E-state index in [2.05, 4.69) is 0 Å². The zero-order valence-electron chi connectivity index (χ0n) is 10.2. The van der Waals surface area contributed by atoms with Crippen LogP contribution in [0.15, 0.2) is 41.3 Å².